The van der Waals surface area contributed by atoms with Crippen molar-refractivity contribution in [2.45, 2.75) is 51.0 Å². The molecule has 0 saturated heterocycles. The first-order chi connectivity index (χ1) is 14.1. The van der Waals surface area contributed by atoms with Crippen molar-refractivity contribution < 1.29 is 14.3 Å². The fourth-order valence-corrected chi connectivity index (χ4v) is 7.80. The Kier molecular flexibility index (Phi) is 5.60. The predicted molar refractivity (Wildman–Crippen MR) is 123 cm³/mol. The summed E-state index contributed by atoms with van der Waals surface area (Å²) in [7, 11) is 6.86. The molecule has 8 heteroatoms. The molecular formula is C22H31N3O3S2. The van der Waals surface area contributed by atoms with Crippen LogP contribution < -0.4 is 5.32 Å². The molecule has 1 heterocycles. The Morgan fingerprint density at radius 3 is 2.10 bits per heavy atom. The molecule has 1 N–H and O–H groups in total. The van der Waals surface area contributed by atoms with Gasteiger partial charge in [0.25, 0.3) is 5.91 Å². The molecule has 4 aliphatic carbocycles. The maximum absolute atomic E-state index is 12.6. The first-order valence-corrected chi connectivity index (χ1v) is 11.9. The summed E-state index contributed by atoms with van der Waals surface area (Å²) in [6.07, 6.45) is 7.73. The van der Waals surface area contributed by atoms with Crippen LogP contribution in [-0.2, 0) is 4.74 Å². The lowest BCUT2D eigenvalue weighted by Gasteiger charge is -2.60. The van der Waals surface area contributed by atoms with Crippen molar-refractivity contribution >= 4 is 45.5 Å². The van der Waals surface area contributed by atoms with Gasteiger partial charge in [0.1, 0.15) is 5.00 Å². The van der Waals surface area contributed by atoms with E-state index in [1.165, 1.54) is 61.9 Å². The van der Waals surface area contributed by atoms with Gasteiger partial charge in [-0.15, -0.1) is 11.3 Å². The molecular weight excluding hydrogens is 418 g/mol. The largest absolute Gasteiger partial charge is 0.465 e. The number of carbonyl (C=O) groups excluding carboxylic acids is 2. The summed E-state index contributed by atoms with van der Waals surface area (Å²) in [5, 5.41) is 4.52. The molecule has 4 bridgehead atoms. The number of anilines is 1. The van der Waals surface area contributed by atoms with Crippen molar-refractivity contribution in [1.82, 2.24) is 9.80 Å². The number of amides is 1. The topological polar surface area (TPSA) is 61.9 Å². The van der Waals surface area contributed by atoms with Gasteiger partial charge in [0.05, 0.1) is 17.6 Å². The highest BCUT2D eigenvalue weighted by atomic mass is 32.1. The van der Waals surface area contributed by atoms with E-state index in [-0.39, 0.29) is 11.4 Å². The van der Waals surface area contributed by atoms with E-state index in [2.05, 4.69) is 17.3 Å². The van der Waals surface area contributed by atoms with Crippen molar-refractivity contribution in [3.8, 4) is 0 Å². The lowest BCUT2D eigenvalue weighted by Crippen LogP contribution is -2.60. The first-order valence-electron chi connectivity index (χ1n) is 10.6. The van der Waals surface area contributed by atoms with Crippen molar-refractivity contribution in [3.05, 3.63) is 16.0 Å². The quantitative estimate of drug-likeness (QED) is 0.551. The average molecular weight is 450 g/mol. The maximum atomic E-state index is 12.6. The Morgan fingerprint density at radius 1 is 1.10 bits per heavy atom. The molecule has 1 aromatic heterocycles. The number of esters is 1. The van der Waals surface area contributed by atoms with Gasteiger partial charge in [0, 0.05) is 26.7 Å². The number of ether oxygens (including phenoxy) is 1. The number of thiophene rings is 1. The second kappa shape index (κ2) is 7.79. The molecule has 0 unspecified atom stereocenters. The Hall–Kier alpha value is -1.67. The van der Waals surface area contributed by atoms with Crippen molar-refractivity contribution in [1.29, 1.82) is 0 Å². The number of hydrogen-bond acceptors (Lipinski definition) is 5. The Morgan fingerprint density at radius 2 is 1.63 bits per heavy atom. The van der Waals surface area contributed by atoms with Crippen molar-refractivity contribution in [2.24, 2.45) is 17.8 Å². The van der Waals surface area contributed by atoms with Crippen molar-refractivity contribution in [2.75, 3.05) is 33.6 Å². The second-order valence-corrected chi connectivity index (χ2v) is 11.0. The standard InChI is InChI=1S/C22H31N3O3S2/c1-12-16(20(27)28-5)18(30-17(12)19(26)24(2)3)23-21(29)25(4)22-9-13-6-14(10-22)8-15(7-13)11-22/h13-15H,6-11H2,1-5H3,(H,23,29). The zero-order valence-electron chi connectivity index (χ0n) is 18.4. The van der Waals surface area contributed by atoms with Crippen LogP contribution in [0.25, 0.3) is 0 Å². The molecule has 0 radical (unpaired) electrons. The Bertz CT molecular complexity index is 857. The number of hydrogen-bond donors (Lipinski definition) is 1. The van der Waals surface area contributed by atoms with E-state index in [4.69, 9.17) is 17.0 Å². The van der Waals surface area contributed by atoms with E-state index < -0.39 is 5.97 Å². The Labute approximate surface area is 187 Å². The zero-order chi connectivity index (χ0) is 21.8. The zero-order valence-corrected chi connectivity index (χ0v) is 20.0. The van der Waals surface area contributed by atoms with Gasteiger partial charge in [-0.3, -0.25) is 4.79 Å². The molecule has 0 spiro atoms. The van der Waals surface area contributed by atoms with Crippen LogP contribution in [0.2, 0.25) is 0 Å². The van der Waals surface area contributed by atoms with Gasteiger partial charge in [0.15, 0.2) is 5.11 Å². The monoisotopic (exact) mass is 449 g/mol. The summed E-state index contributed by atoms with van der Waals surface area (Å²) in [5.41, 5.74) is 1.15. The SMILES string of the molecule is COC(=O)c1c(NC(=S)N(C)C23CC4CC(CC(C4)C2)C3)sc(C(=O)N(C)C)c1C. The molecule has 1 aromatic rings. The molecule has 1 amide bonds. The molecule has 0 aromatic carbocycles. The molecule has 0 aliphatic heterocycles. The number of rotatable bonds is 4. The Balaban J connectivity index is 1.60. The lowest BCUT2D eigenvalue weighted by molar-refractivity contribution is -0.0538. The summed E-state index contributed by atoms with van der Waals surface area (Å²) >= 11 is 7.09. The predicted octanol–water partition coefficient (Wildman–Crippen LogP) is 4.14. The first kappa shape index (κ1) is 21.6. The third-order valence-electron chi connectivity index (χ3n) is 7.38. The van der Waals surface area contributed by atoms with E-state index in [1.54, 1.807) is 21.0 Å². The minimum atomic E-state index is -0.454. The number of thiocarbonyl (C=S) groups is 1. The highest BCUT2D eigenvalue weighted by Gasteiger charge is 2.53. The van der Waals surface area contributed by atoms with Gasteiger partial charge in [-0.1, -0.05) is 0 Å². The molecule has 4 aliphatic rings. The van der Waals surface area contributed by atoms with E-state index in [0.717, 1.165) is 17.8 Å². The third kappa shape index (κ3) is 3.51. The smallest absolute Gasteiger partial charge is 0.341 e. The van der Waals surface area contributed by atoms with Gasteiger partial charge < -0.3 is 19.9 Å². The number of methoxy groups -OCH3 is 1. The third-order valence-corrected chi connectivity index (χ3v) is 8.95. The molecule has 0 atom stereocenters. The molecule has 4 saturated carbocycles. The van der Waals surface area contributed by atoms with Gasteiger partial charge in [0.2, 0.25) is 0 Å². The maximum Gasteiger partial charge on any atom is 0.341 e. The normalized spacial score (nSPS) is 28.9. The molecule has 164 valence electrons. The van der Waals surface area contributed by atoms with Crippen LogP contribution >= 0.6 is 23.6 Å². The average Bonchev–Trinajstić information content (AvgIpc) is 3.00. The van der Waals surface area contributed by atoms with Gasteiger partial charge in [-0.05, 0) is 81.0 Å². The van der Waals surface area contributed by atoms with Gasteiger partial charge in [-0.25, -0.2) is 4.79 Å². The highest BCUT2D eigenvalue weighted by Crippen LogP contribution is 2.57. The minimum absolute atomic E-state index is 0.124. The molecule has 6 nitrogen and oxygen atoms in total. The van der Waals surface area contributed by atoms with Gasteiger partial charge >= 0.3 is 5.97 Å². The highest BCUT2D eigenvalue weighted by molar-refractivity contribution is 7.80. The number of carbonyl (C=O) groups is 2. The van der Waals surface area contributed by atoms with Crippen LogP contribution in [0, 0.1) is 24.7 Å². The molecule has 5 rings (SSSR count). The fourth-order valence-electron chi connectivity index (χ4n) is 6.23. The number of nitrogens with one attached hydrogen (secondary N) is 1. The van der Waals surface area contributed by atoms with Gasteiger partial charge in [-0.2, -0.15) is 0 Å². The molecule has 30 heavy (non-hydrogen) atoms. The summed E-state index contributed by atoms with van der Waals surface area (Å²) in [5.74, 6) is 1.88. The summed E-state index contributed by atoms with van der Waals surface area (Å²) < 4.78 is 5.00. The second-order valence-electron chi connectivity index (χ2n) is 9.58. The lowest BCUT2D eigenvalue weighted by atomic mass is 9.52. The van der Waals surface area contributed by atoms with E-state index in [9.17, 15) is 9.59 Å². The summed E-state index contributed by atoms with van der Waals surface area (Å²) in [6, 6.07) is 0. The van der Waals surface area contributed by atoms with Crippen LogP contribution in [0.1, 0.15) is 64.1 Å². The van der Waals surface area contributed by atoms with Crippen LogP contribution in [0.15, 0.2) is 0 Å². The van der Waals surface area contributed by atoms with E-state index >= 15 is 0 Å². The minimum Gasteiger partial charge on any atom is -0.465 e. The van der Waals surface area contributed by atoms with E-state index in [1.807, 2.05) is 0 Å². The van der Waals surface area contributed by atoms with Crippen LogP contribution in [0.5, 0.6) is 0 Å². The van der Waals surface area contributed by atoms with Crippen LogP contribution in [0.3, 0.4) is 0 Å². The number of nitrogens with zero attached hydrogens (tertiary/aromatic N) is 2. The summed E-state index contributed by atoms with van der Waals surface area (Å²) in [6.45, 7) is 1.79. The van der Waals surface area contributed by atoms with Crippen molar-refractivity contribution in [3.63, 3.8) is 0 Å². The van der Waals surface area contributed by atoms with Crippen LogP contribution in [0.4, 0.5) is 5.00 Å². The fraction of sp³-hybridized carbons (Fsp3) is 0.682. The molecule has 4 fully saturated rings. The summed E-state index contributed by atoms with van der Waals surface area (Å²) in [4.78, 5) is 29.4. The van der Waals surface area contributed by atoms with E-state index in [0.29, 0.717) is 26.1 Å². The van der Waals surface area contributed by atoms with Crippen LogP contribution in [-0.4, -0.2) is 60.6 Å².